The quantitative estimate of drug-likeness (QED) is 0.337. The van der Waals surface area contributed by atoms with Crippen LogP contribution in [0.15, 0.2) is 48.7 Å². The second-order valence-corrected chi connectivity index (χ2v) is 3.85. The Labute approximate surface area is 109 Å². The van der Waals surface area contributed by atoms with E-state index in [1.807, 2.05) is 6.07 Å². The Balaban J connectivity index is 2.15. The molecule has 0 aliphatic heterocycles. The van der Waals surface area contributed by atoms with Crippen LogP contribution in [0.3, 0.4) is 0 Å². The number of aromatic amines is 1. The van der Waals surface area contributed by atoms with Crippen molar-refractivity contribution in [2.24, 2.45) is 0 Å². The van der Waals surface area contributed by atoms with Gasteiger partial charge in [-0.1, -0.05) is 30.3 Å². The summed E-state index contributed by atoms with van der Waals surface area (Å²) in [6.45, 7) is 0. The maximum absolute atomic E-state index is 12.1. The standard InChI is InChI=1S/C14H12N2O3/c17-13(16-19)7-6-12-8-11(9-15-12)14(18)10-4-2-1-3-5-10/h1-9,15,19H,(H,16,17). The van der Waals surface area contributed by atoms with Crippen LogP contribution in [0.25, 0.3) is 6.08 Å². The fourth-order valence-corrected chi connectivity index (χ4v) is 1.60. The minimum atomic E-state index is -0.634. The van der Waals surface area contributed by atoms with Crippen molar-refractivity contribution < 1.29 is 14.8 Å². The predicted octanol–water partition coefficient (Wildman–Crippen LogP) is 1.76. The lowest BCUT2D eigenvalue weighted by Crippen LogP contribution is -2.14. The highest BCUT2D eigenvalue weighted by Crippen LogP contribution is 2.11. The third-order valence-corrected chi connectivity index (χ3v) is 2.53. The first-order valence-corrected chi connectivity index (χ1v) is 5.61. The van der Waals surface area contributed by atoms with Crippen molar-refractivity contribution in [2.75, 3.05) is 0 Å². The molecule has 0 saturated heterocycles. The van der Waals surface area contributed by atoms with E-state index in [0.29, 0.717) is 16.8 Å². The van der Waals surface area contributed by atoms with E-state index in [4.69, 9.17) is 5.21 Å². The molecule has 2 aromatic rings. The molecule has 1 aromatic heterocycles. The molecule has 96 valence electrons. The highest BCUT2D eigenvalue weighted by molar-refractivity contribution is 6.09. The first-order chi connectivity index (χ1) is 9.20. The van der Waals surface area contributed by atoms with E-state index in [1.54, 1.807) is 36.5 Å². The first-order valence-electron chi connectivity index (χ1n) is 5.61. The van der Waals surface area contributed by atoms with E-state index < -0.39 is 5.91 Å². The zero-order valence-electron chi connectivity index (χ0n) is 9.96. The maximum Gasteiger partial charge on any atom is 0.267 e. The van der Waals surface area contributed by atoms with Gasteiger partial charge >= 0.3 is 0 Å². The van der Waals surface area contributed by atoms with Crippen molar-refractivity contribution in [3.05, 3.63) is 65.5 Å². The molecule has 3 N–H and O–H groups in total. The number of nitrogens with one attached hydrogen (secondary N) is 2. The van der Waals surface area contributed by atoms with Gasteiger partial charge in [-0.25, -0.2) is 5.48 Å². The Hall–Kier alpha value is -2.66. The molecular formula is C14H12N2O3. The van der Waals surface area contributed by atoms with E-state index in [1.165, 1.54) is 11.6 Å². The monoisotopic (exact) mass is 256 g/mol. The van der Waals surface area contributed by atoms with E-state index >= 15 is 0 Å². The molecule has 0 fully saturated rings. The van der Waals surface area contributed by atoms with Crippen molar-refractivity contribution in [3.63, 3.8) is 0 Å². The highest BCUT2D eigenvalue weighted by atomic mass is 16.5. The average Bonchev–Trinajstić information content (AvgIpc) is 2.93. The Bertz CT molecular complexity index is 615. The lowest BCUT2D eigenvalue weighted by molar-refractivity contribution is -0.124. The molecule has 0 radical (unpaired) electrons. The number of H-pyrrole nitrogens is 1. The van der Waals surface area contributed by atoms with Crippen LogP contribution >= 0.6 is 0 Å². The van der Waals surface area contributed by atoms with Crippen molar-refractivity contribution in [1.29, 1.82) is 0 Å². The zero-order chi connectivity index (χ0) is 13.7. The fourth-order valence-electron chi connectivity index (χ4n) is 1.60. The molecule has 0 unspecified atom stereocenters. The molecule has 2 rings (SSSR count). The van der Waals surface area contributed by atoms with Crippen molar-refractivity contribution in [3.8, 4) is 0 Å². The second kappa shape index (κ2) is 5.79. The molecule has 19 heavy (non-hydrogen) atoms. The van der Waals surface area contributed by atoms with Gasteiger partial charge in [-0.15, -0.1) is 0 Å². The summed E-state index contributed by atoms with van der Waals surface area (Å²) < 4.78 is 0. The molecule has 0 atom stereocenters. The Morgan fingerprint density at radius 3 is 2.58 bits per heavy atom. The second-order valence-electron chi connectivity index (χ2n) is 3.85. The minimum absolute atomic E-state index is 0.0943. The van der Waals surface area contributed by atoms with E-state index in [2.05, 4.69) is 4.98 Å². The lowest BCUT2D eigenvalue weighted by atomic mass is 10.1. The molecule has 0 aliphatic rings. The molecule has 1 amide bonds. The maximum atomic E-state index is 12.1. The summed E-state index contributed by atoms with van der Waals surface area (Å²) in [5, 5.41) is 8.34. The molecule has 5 heteroatoms. The van der Waals surface area contributed by atoms with Crippen LogP contribution in [0.1, 0.15) is 21.6 Å². The van der Waals surface area contributed by atoms with Gasteiger partial charge in [0, 0.05) is 29.1 Å². The normalized spacial score (nSPS) is 10.6. The van der Waals surface area contributed by atoms with Crippen LogP contribution in [0.2, 0.25) is 0 Å². The average molecular weight is 256 g/mol. The summed E-state index contributed by atoms with van der Waals surface area (Å²) in [5.74, 6) is -0.728. The van der Waals surface area contributed by atoms with Gasteiger partial charge in [0.1, 0.15) is 0 Å². The molecular weight excluding hydrogens is 244 g/mol. The third-order valence-electron chi connectivity index (χ3n) is 2.53. The molecule has 5 nitrogen and oxygen atoms in total. The molecule has 0 spiro atoms. The van der Waals surface area contributed by atoms with Gasteiger partial charge < -0.3 is 4.98 Å². The molecule has 0 aliphatic carbocycles. The number of carbonyl (C=O) groups excluding carboxylic acids is 2. The number of hydrogen-bond acceptors (Lipinski definition) is 3. The third kappa shape index (κ3) is 3.17. The minimum Gasteiger partial charge on any atom is -0.361 e. The number of hydroxylamine groups is 1. The predicted molar refractivity (Wildman–Crippen MR) is 69.6 cm³/mol. The van der Waals surface area contributed by atoms with Gasteiger partial charge in [-0.05, 0) is 12.1 Å². The Morgan fingerprint density at radius 2 is 1.89 bits per heavy atom. The van der Waals surface area contributed by atoms with Gasteiger partial charge in [-0.2, -0.15) is 0 Å². The number of ketones is 1. The molecule has 0 bridgehead atoms. The number of aromatic nitrogens is 1. The molecule has 0 saturated carbocycles. The van der Waals surface area contributed by atoms with Gasteiger partial charge in [0.2, 0.25) is 0 Å². The summed E-state index contributed by atoms with van der Waals surface area (Å²) in [5.41, 5.74) is 3.20. The molecule has 1 aromatic carbocycles. The topological polar surface area (TPSA) is 82.2 Å². The number of carbonyl (C=O) groups is 2. The van der Waals surface area contributed by atoms with Crippen LogP contribution in [0.4, 0.5) is 0 Å². The summed E-state index contributed by atoms with van der Waals surface area (Å²) in [4.78, 5) is 25.8. The Kier molecular flexibility index (Phi) is 3.90. The smallest absolute Gasteiger partial charge is 0.267 e. The van der Waals surface area contributed by atoms with E-state index in [-0.39, 0.29) is 5.78 Å². The number of benzene rings is 1. The summed E-state index contributed by atoms with van der Waals surface area (Å²) in [6, 6.07) is 10.6. The fraction of sp³-hybridized carbons (Fsp3) is 0. The molecule has 1 heterocycles. The number of amides is 1. The summed E-state index contributed by atoms with van der Waals surface area (Å²) in [7, 11) is 0. The van der Waals surface area contributed by atoms with E-state index in [9.17, 15) is 9.59 Å². The van der Waals surface area contributed by atoms with Crippen LogP contribution in [0, 0.1) is 0 Å². The van der Waals surface area contributed by atoms with E-state index in [0.717, 1.165) is 6.08 Å². The van der Waals surface area contributed by atoms with Crippen molar-refractivity contribution in [1.82, 2.24) is 10.5 Å². The summed E-state index contributed by atoms with van der Waals surface area (Å²) >= 11 is 0. The van der Waals surface area contributed by atoms with Gasteiger partial charge in [0.05, 0.1) is 0 Å². The Morgan fingerprint density at radius 1 is 1.16 bits per heavy atom. The SMILES string of the molecule is O=C(C=Cc1cc(C(=O)c2ccccc2)c[nH]1)NO. The largest absolute Gasteiger partial charge is 0.361 e. The van der Waals surface area contributed by atoms with Crippen LogP contribution in [-0.4, -0.2) is 21.9 Å². The van der Waals surface area contributed by atoms with Crippen LogP contribution < -0.4 is 5.48 Å². The van der Waals surface area contributed by atoms with Crippen molar-refractivity contribution >= 4 is 17.8 Å². The van der Waals surface area contributed by atoms with Gasteiger partial charge in [0.25, 0.3) is 5.91 Å². The van der Waals surface area contributed by atoms with Crippen molar-refractivity contribution in [2.45, 2.75) is 0 Å². The first kappa shape index (κ1) is 12.8. The van der Waals surface area contributed by atoms with Gasteiger partial charge in [0.15, 0.2) is 5.78 Å². The number of rotatable bonds is 4. The zero-order valence-corrected chi connectivity index (χ0v) is 9.96. The number of hydrogen-bond donors (Lipinski definition) is 3. The van der Waals surface area contributed by atoms with Crippen LogP contribution in [-0.2, 0) is 4.79 Å². The lowest BCUT2D eigenvalue weighted by Gasteiger charge is -1.96. The van der Waals surface area contributed by atoms with Gasteiger partial charge in [-0.3, -0.25) is 14.8 Å². The highest BCUT2D eigenvalue weighted by Gasteiger charge is 2.09. The van der Waals surface area contributed by atoms with Crippen LogP contribution in [0.5, 0.6) is 0 Å². The summed E-state index contributed by atoms with van der Waals surface area (Å²) in [6.07, 6.45) is 4.20.